The first-order valence-corrected chi connectivity index (χ1v) is 8.18. The van der Waals surface area contributed by atoms with Gasteiger partial charge in [-0.15, -0.1) is 0 Å². The van der Waals surface area contributed by atoms with E-state index in [2.05, 4.69) is 10.8 Å². The zero-order valence-electron chi connectivity index (χ0n) is 13.5. The van der Waals surface area contributed by atoms with Crippen LogP contribution in [0.4, 0.5) is 4.79 Å². The lowest BCUT2D eigenvalue weighted by Crippen LogP contribution is -2.52. The Morgan fingerprint density at radius 1 is 0.875 bits per heavy atom. The number of amides is 1. The molecule has 5 heteroatoms. The third-order valence-corrected chi connectivity index (χ3v) is 4.00. The molecule has 0 aliphatic heterocycles. The molecule has 126 valence electrons. The summed E-state index contributed by atoms with van der Waals surface area (Å²) in [5, 5.41) is 2.87. The number of alkyl carbamates (subject to hydrolysis) is 1. The van der Waals surface area contributed by atoms with Gasteiger partial charge >= 0.3 is 6.09 Å². The average molecular weight is 326 g/mol. The monoisotopic (exact) mass is 326 g/mol. The largest absolute Gasteiger partial charge is 0.445 e. The molecule has 0 radical (unpaired) electrons. The molecule has 1 saturated carbocycles. The van der Waals surface area contributed by atoms with Crippen LogP contribution in [0.1, 0.15) is 24.0 Å². The SMILES string of the molecule is O=C(NC1CC(NOCc2ccccc2)C1)OCc1ccccc1. The number of benzene rings is 2. The van der Waals surface area contributed by atoms with Gasteiger partial charge in [-0.3, -0.25) is 4.84 Å². The van der Waals surface area contributed by atoms with E-state index in [0.29, 0.717) is 13.2 Å². The van der Waals surface area contributed by atoms with E-state index < -0.39 is 0 Å². The molecule has 0 heterocycles. The number of nitrogens with one attached hydrogen (secondary N) is 2. The summed E-state index contributed by atoms with van der Waals surface area (Å²) in [5.41, 5.74) is 5.15. The first kappa shape index (κ1) is 16.5. The van der Waals surface area contributed by atoms with Crippen molar-refractivity contribution in [2.75, 3.05) is 0 Å². The molecule has 2 aromatic rings. The zero-order valence-corrected chi connectivity index (χ0v) is 13.5. The van der Waals surface area contributed by atoms with Gasteiger partial charge < -0.3 is 10.1 Å². The number of hydroxylamine groups is 1. The topological polar surface area (TPSA) is 59.6 Å². The lowest BCUT2D eigenvalue weighted by atomic mass is 9.87. The molecule has 3 rings (SSSR count). The van der Waals surface area contributed by atoms with Crippen molar-refractivity contribution < 1.29 is 14.4 Å². The molecular formula is C19H22N2O3. The molecule has 2 N–H and O–H groups in total. The first-order valence-electron chi connectivity index (χ1n) is 8.18. The fourth-order valence-electron chi connectivity index (χ4n) is 2.58. The van der Waals surface area contributed by atoms with Crippen molar-refractivity contribution in [2.24, 2.45) is 0 Å². The van der Waals surface area contributed by atoms with Gasteiger partial charge in [-0.05, 0) is 24.0 Å². The van der Waals surface area contributed by atoms with E-state index in [1.165, 1.54) is 0 Å². The van der Waals surface area contributed by atoms with Crippen molar-refractivity contribution in [1.82, 2.24) is 10.8 Å². The van der Waals surface area contributed by atoms with Crippen LogP contribution in [0.2, 0.25) is 0 Å². The second kappa shape index (κ2) is 8.47. The Labute approximate surface area is 141 Å². The Morgan fingerprint density at radius 3 is 2.08 bits per heavy atom. The zero-order chi connectivity index (χ0) is 16.6. The molecule has 2 aromatic carbocycles. The molecule has 1 amide bonds. The van der Waals surface area contributed by atoms with E-state index in [0.717, 1.165) is 24.0 Å². The van der Waals surface area contributed by atoms with E-state index in [-0.39, 0.29) is 18.2 Å². The molecule has 0 aromatic heterocycles. The Morgan fingerprint density at radius 2 is 1.46 bits per heavy atom. The number of carbonyl (C=O) groups is 1. The van der Waals surface area contributed by atoms with Crippen LogP contribution in [0.25, 0.3) is 0 Å². The van der Waals surface area contributed by atoms with Crippen molar-refractivity contribution in [3.63, 3.8) is 0 Å². The van der Waals surface area contributed by atoms with Gasteiger partial charge in [0.15, 0.2) is 0 Å². The molecule has 1 fully saturated rings. The number of hydrogen-bond acceptors (Lipinski definition) is 4. The molecule has 1 aliphatic rings. The molecule has 5 nitrogen and oxygen atoms in total. The average Bonchev–Trinajstić information content (AvgIpc) is 2.59. The number of hydrogen-bond donors (Lipinski definition) is 2. The van der Waals surface area contributed by atoms with Crippen LogP contribution < -0.4 is 10.8 Å². The third-order valence-electron chi connectivity index (χ3n) is 4.00. The van der Waals surface area contributed by atoms with Crippen molar-refractivity contribution >= 4 is 6.09 Å². The van der Waals surface area contributed by atoms with Gasteiger partial charge in [0.1, 0.15) is 6.61 Å². The van der Waals surface area contributed by atoms with Crippen LogP contribution in [0.3, 0.4) is 0 Å². The highest BCUT2D eigenvalue weighted by Crippen LogP contribution is 2.20. The van der Waals surface area contributed by atoms with Crippen molar-refractivity contribution in [1.29, 1.82) is 0 Å². The van der Waals surface area contributed by atoms with Gasteiger partial charge in [0.2, 0.25) is 0 Å². The fourth-order valence-corrected chi connectivity index (χ4v) is 2.58. The lowest BCUT2D eigenvalue weighted by molar-refractivity contribution is -0.0223. The van der Waals surface area contributed by atoms with Gasteiger partial charge in [-0.1, -0.05) is 60.7 Å². The Kier molecular flexibility index (Phi) is 5.82. The highest BCUT2D eigenvalue weighted by Gasteiger charge is 2.30. The van der Waals surface area contributed by atoms with Gasteiger partial charge in [-0.25, -0.2) is 4.79 Å². The van der Waals surface area contributed by atoms with Crippen LogP contribution in [-0.2, 0) is 22.8 Å². The maximum Gasteiger partial charge on any atom is 0.407 e. The summed E-state index contributed by atoms with van der Waals surface area (Å²) in [5.74, 6) is 0. The minimum atomic E-state index is -0.368. The van der Waals surface area contributed by atoms with Gasteiger partial charge in [-0.2, -0.15) is 5.48 Å². The summed E-state index contributed by atoms with van der Waals surface area (Å²) in [7, 11) is 0. The van der Waals surface area contributed by atoms with Crippen LogP contribution in [0.15, 0.2) is 60.7 Å². The van der Waals surface area contributed by atoms with Gasteiger partial charge in [0.25, 0.3) is 0 Å². The second-order valence-corrected chi connectivity index (χ2v) is 5.96. The van der Waals surface area contributed by atoms with E-state index in [9.17, 15) is 4.79 Å². The quantitative estimate of drug-likeness (QED) is 0.767. The molecule has 24 heavy (non-hydrogen) atoms. The first-order chi connectivity index (χ1) is 11.8. The molecule has 0 spiro atoms. The van der Waals surface area contributed by atoms with Crippen LogP contribution >= 0.6 is 0 Å². The summed E-state index contributed by atoms with van der Waals surface area (Å²) in [4.78, 5) is 17.2. The summed E-state index contributed by atoms with van der Waals surface area (Å²) in [6, 6.07) is 20.1. The lowest BCUT2D eigenvalue weighted by Gasteiger charge is -2.35. The normalized spacial score (nSPS) is 19.3. The Balaban J connectivity index is 1.26. The standard InChI is InChI=1S/C19H22N2O3/c22-19(23-13-15-7-3-1-4-8-15)20-17-11-18(12-17)21-24-14-16-9-5-2-6-10-16/h1-10,17-18,21H,11-14H2,(H,20,22). The molecule has 0 unspecified atom stereocenters. The highest BCUT2D eigenvalue weighted by atomic mass is 16.6. The minimum absolute atomic E-state index is 0.145. The third kappa shape index (κ3) is 5.08. The predicted octanol–water partition coefficient (Wildman–Crippen LogP) is 3.17. The summed E-state index contributed by atoms with van der Waals surface area (Å²) >= 11 is 0. The summed E-state index contributed by atoms with van der Waals surface area (Å²) < 4.78 is 5.21. The van der Waals surface area contributed by atoms with Crippen LogP contribution in [0.5, 0.6) is 0 Å². The predicted molar refractivity (Wildman–Crippen MR) is 90.9 cm³/mol. The van der Waals surface area contributed by atoms with Crippen molar-refractivity contribution in [3.05, 3.63) is 71.8 Å². The van der Waals surface area contributed by atoms with Crippen LogP contribution in [0, 0.1) is 0 Å². The van der Waals surface area contributed by atoms with E-state index in [1.54, 1.807) is 0 Å². The van der Waals surface area contributed by atoms with Crippen molar-refractivity contribution in [3.8, 4) is 0 Å². The van der Waals surface area contributed by atoms with Crippen molar-refractivity contribution in [2.45, 2.75) is 38.1 Å². The Hall–Kier alpha value is -2.37. The maximum absolute atomic E-state index is 11.7. The molecule has 1 aliphatic carbocycles. The molecular weight excluding hydrogens is 304 g/mol. The van der Waals surface area contributed by atoms with E-state index in [1.807, 2.05) is 60.7 Å². The minimum Gasteiger partial charge on any atom is -0.445 e. The summed E-state index contributed by atoms with van der Waals surface area (Å²) in [6.07, 6.45) is 1.32. The second-order valence-electron chi connectivity index (χ2n) is 5.96. The fraction of sp³-hybridized carbons (Fsp3) is 0.316. The Bertz CT molecular complexity index is 628. The highest BCUT2D eigenvalue weighted by molar-refractivity contribution is 5.67. The smallest absolute Gasteiger partial charge is 0.407 e. The van der Waals surface area contributed by atoms with Crippen LogP contribution in [-0.4, -0.2) is 18.2 Å². The summed E-state index contributed by atoms with van der Waals surface area (Å²) in [6.45, 7) is 0.829. The molecule has 0 atom stereocenters. The van der Waals surface area contributed by atoms with E-state index >= 15 is 0 Å². The number of carbonyl (C=O) groups excluding carboxylic acids is 1. The van der Waals surface area contributed by atoms with E-state index in [4.69, 9.17) is 9.57 Å². The molecule has 0 bridgehead atoms. The number of rotatable bonds is 7. The van der Waals surface area contributed by atoms with Gasteiger partial charge in [0.05, 0.1) is 6.61 Å². The van der Waals surface area contributed by atoms with Gasteiger partial charge in [0, 0.05) is 12.1 Å². The molecule has 0 saturated heterocycles. The number of ether oxygens (including phenoxy) is 1. The maximum atomic E-state index is 11.7.